The Morgan fingerprint density at radius 2 is 1.79 bits per heavy atom. The molecule has 0 aromatic heterocycles. The molecule has 0 radical (unpaired) electrons. The maximum absolute atomic E-state index is 11.4. The van der Waals surface area contributed by atoms with Gasteiger partial charge in [0, 0.05) is 24.3 Å². The molecule has 2 unspecified atom stereocenters. The third-order valence-corrected chi connectivity index (χ3v) is 3.57. The Kier molecular flexibility index (Phi) is 1.93. The SMILES string of the molecule is CC1(C)C(O)CC1N1C(=O)CCC1=O. The lowest BCUT2D eigenvalue weighted by molar-refractivity contribution is -0.161. The summed E-state index contributed by atoms with van der Waals surface area (Å²) in [6.45, 7) is 3.79. The third kappa shape index (κ3) is 1.10. The fourth-order valence-corrected chi connectivity index (χ4v) is 2.26. The monoisotopic (exact) mass is 197 g/mol. The van der Waals surface area contributed by atoms with Crippen LogP contribution in [-0.4, -0.2) is 34.0 Å². The molecule has 2 atom stereocenters. The van der Waals surface area contributed by atoms with E-state index < -0.39 is 6.10 Å². The zero-order valence-electron chi connectivity index (χ0n) is 8.49. The summed E-state index contributed by atoms with van der Waals surface area (Å²) in [5.41, 5.74) is -0.338. The molecular weight excluding hydrogens is 182 g/mol. The minimum Gasteiger partial charge on any atom is -0.392 e. The molecule has 2 amide bonds. The molecule has 0 aromatic rings. The predicted octanol–water partition coefficient (Wildman–Crippen LogP) is 0.295. The van der Waals surface area contributed by atoms with Crippen LogP contribution in [0.1, 0.15) is 33.1 Å². The molecule has 2 aliphatic rings. The van der Waals surface area contributed by atoms with Crippen molar-refractivity contribution in [1.29, 1.82) is 0 Å². The highest BCUT2D eigenvalue weighted by atomic mass is 16.3. The third-order valence-electron chi connectivity index (χ3n) is 3.57. The number of hydrogen-bond donors (Lipinski definition) is 1. The molecule has 1 saturated carbocycles. The Labute approximate surface area is 82.9 Å². The van der Waals surface area contributed by atoms with E-state index in [4.69, 9.17) is 0 Å². The quantitative estimate of drug-likeness (QED) is 0.615. The minimum absolute atomic E-state index is 0.0834. The van der Waals surface area contributed by atoms with Crippen LogP contribution in [0.15, 0.2) is 0 Å². The number of aliphatic hydroxyl groups excluding tert-OH is 1. The van der Waals surface area contributed by atoms with E-state index >= 15 is 0 Å². The number of imide groups is 1. The molecule has 0 bridgehead atoms. The molecule has 1 aliphatic carbocycles. The molecule has 1 saturated heterocycles. The summed E-state index contributed by atoms with van der Waals surface area (Å²) in [4.78, 5) is 24.2. The average Bonchev–Trinajstić information content (AvgIpc) is 2.43. The second-order valence-corrected chi connectivity index (χ2v) is 4.75. The Bertz CT molecular complexity index is 282. The molecule has 1 aliphatic heterocycles. The van der Waals surface area contributed by atoms with Gasteiger partial charge in [-0.2, -0.15) is 0 Å². The Morgan fingerprint density at radius 3 is 2.14 bits per heavy atom. The smallest absolute Gasteiger partial charge is 0.229 e. The van der Waals surface area contributed by atoms with Gasteiger partial charge >= 0.3 is 0 Å². The largest absolute Gasteiger partial charge is 0.392 e. The van der Waals surface area contributed by atoms with Gasteiger partial charge in [-0.15, -0.1) is 0 Å². The normalized spacial score (nSPS) is 36.1. The Morgan fingerprint density at radius 1 is 1.29 bits per heavy atom. The van der Waals surface area contributed by atoms with Crippen LogP contribution in [0.3, 0.4) is 0 Å². The Balaban J connectivity index is 2.17. The van der Waals surface area contributed by atoms with E-state index in [1.165, 1.54) is 4.90 Å². The second kappa shape index (κ2) is 2.79. The van der Waals surface area contributed by atoms with Crippen molar-refractivity contribution < 1.29 is 14.7 Å². The summed E-state index contributed by atoms with van der Waals surface area (Å²) in [5, 5.41) is 9.53. The van der Waals surface area contributed by atoms with Crippen LogP contribution in [0.5, 0.6) is 0 Å². The summed E-state index contributed by atoms with van der Waals surface area (Å²) < 4.78 is 0. The van der Waals surface area contributed by atoms with Crippen molar-refractivity contribution in [1.82, 2.24) is 4.90 Å². The van der Waals surface area contributed by atoms with Gasteiger partial charge in [-0.1, -0.05) is 13.8 Å². The van der Waals surface area contributed by atoms with E-state index in [9.17, 15) is 14.7 Å². The van der Waals surface area contributed by atoms with E-state index in [0.717, 1.165) is 0 Å². The number of nitrogens with zero attached hydrogens (tertiary/aromatic N) is 1. The highest BCUT2D eigenvalue weighted by Crippen LogP contribution is 2.45. The molecule has 1 heterocycles. The van der Waals surface area contributed by atoms with Crippen molar-refractivity contribution in [2.24, 2.45) is 5.41 Å². The van der Waals surface area contributed by atoms with E-state index in [1.54, 1.807) is 0 Å². The van der Waals surface area contributed by atoms with Crippen LogP contribution in [0.2, 0.25) is 0 Å². The first kappa shape index (κ1) is 9.65. The second-order valence-electron chi connectivity index (χ2n) is 4.75. The topological polar surface area (TPSA) is 57.6 Å². The molecule has 2 fully saturated rings. The van der Waals surface area contributed by atoms with Crippen molar-refractivity contribution in [3.8, 4) is 0 Å². The summed E-state index contributed by atoms with van der Waals surface area (Å²) in [7, 11) is 0. The van der Waals surface area contributed by atoms with E-state index in [2.05, 4.69) is 0 Å². The van der Waals surface area contributed by atoms with Gasteiger partial charge in [0.15, 0.2) is 0 Å². The molecule has 4 heteroatoms. The molecule has 1 N–H and O–H groups in total. The minimum atomic E-state index is -0.395. The van der Waals surface area contributed by atoms with Crippen molar-refractivity contribution in [2.45, 2.75) is 45.3 Å². The lowest BCUT2D eigenvalue weighted by atomic mass is 9.64. The van der Waals surface area contributed by atoms with Gasteiger partial charge in [0.05, 0.1) is 6.10 Å². The van der Waals surface area contributed by atoms with Crippen molar-refractivity contribution >= 4 is 11.8 Å². The van der Waals surface area contributed by atoms with Gasteiger partial charge in [0.25, 0.3) is 0 Å². The van der Waals surface area contributed by atoms with E-state index in [1.807, 2.05) is 13.8 Å². The molecule has 2 rings (SSSR count). The van der Waals surface area contributed by atoms with Crippen molar-refractivity contribution in [3.05, 3.63) is 0 Å². The van der Waals surface area contributed by atoms with Crippen LogP contribution < -0.4 is 0 Å². The summed E-state index contributed by atoms with van der Waals surface area (Å²) in [6, 6.07) is -0.0972. The maximum Gasteiger partial charge on any atom is 0.229 e. The zero-order valence-corrected chi connectivity index (χ0v) is 8.49. The summed E-state index contributed by atoms with van der Waals surface area (Å²) in [6.07, 6.45) is 0.807. The van der Waals surface area contributed by atoms with Crippen LogP contribution in [0.25, 0.3) is 0 Å². The van der Waals surface area contributed by atoms with Gasteiger partial charge in [-0.05, 0) is 6.42 Å². The first-order valence-corrected chi connectivity index (χ1v) is 4.97. The number of carbonyl (C=O) groups is 2. The maximum atomic E-state index is 11.4. The summed E-state index contributed by atoms with van der Waals surface area (Å²) >= 11 is 0. The van der Waals surface area contributed by atoms with Gasteiger partial charge in [0.2, 0.25) is 11.8 Å². The van der Waals surface area contributed by atoms with Crippen molar-refractivity contribution in [2.75, 3.05) is 0 Å². The zero-order chi connectivity index (χ0) is 10.5. The number of aliphatic hydroxyl groups is 1. The first-order valence-electron chi connectivity index (χ1n) is 4.97. The number of rotatable bonds is 1. The van der Waals surface area contributed by atoms with Crippen LogP contribution in [-0.2, 0) is 9.59 Å². The number of amides is 2. The number of likely N-dealkylation sites (tertiary alicyclic amines) is 1. The first-order chi connectivity index (χ1) is 6.44. The van der Waals surface area contributed by atoms with Gasteiger partial charge in [0.1, 0.15) is 0 Å². The van der Waals surface area contributed by atoms with Gasteiger partial charge in [-0.3, -0.25) is 14.5 Å². The van der Waals surface area contributed by atoms with Crippen LogP contribution >= 0.6 is 0 Å². The Hall–Kier alpha value is -0.900. The fourth-order valence-electron chi connectivity index (χ4n) is 2.26. The lowest BCUT2D eigenvalue weighted by Gasteiger charge is -2.52. The number of carbonyl (C=O) groups excluding carboxylic acids is 2. The summed E-state index contributed by atoms with van der Waals surface area (Å²) in [5.74, 6) is -0.167. The number of hydrogen-bond acceptors (Lipinski definition) is 3. The van der Waals surface area contributed by atoms with Crippen LogP contribution in [0.4, 0.5) is 0 Å². The molecule has 78 valence electrons. The van der Waals surface area contributed by atoms with Crippen LogP contribution in [0, 0.1) is 5.41 Å². The predicted molar refractivity (Wildman–Crippen MR) is 49.3 cm³/mol. The van der Waals surface area contributed by atoms with Gasteiger partial charge in [-0.25, -0.2) is 0 Å². The molecule has 14 heavy (non-hydrogen) atoms. The highest BCUT2D eigenvalue weighted by molar-refractivity contribution is 6.02. The van der Waals surface area contributed by atoms with Gasteiger partial charge < -0.3 is 5.11 Å². The van der Waals surface area contributed by atoms with E-state index in [0.29, 0.717) is 19.3 Å². The van der Waals surface area contributed by atoms with E-state index in [-0.39, 0.29) is 23.3 Å². The lowest BCUT2D eigenvalue weighted by Crippen LogP contribution is -2.62. The van der Waals surface area contributed by atoms with Crippen molar-refractivity contribution in [3.63, 3.8) is 0 Å². The standard InChI is InChI=1S/C10H15NO3/c1-10(2)6(5-7(10)12)11-8(13)3-4-9(11)14/h6-7,12H,3-5H2,1-2H3. The average molecular weight is 197 g/mol. The molecule has 0 spiro atoms. The molecule has 0 aromatic carbocycles. The molecule has 4 nitrogen and oxygen atoms in total. The highest BCUT2D eigenvalue weighted by Gasteiger charge is 2.54. The fraction of sp³-hybridized carbons (Fsp3) is 0.800. The molecular formula is C10H15NO3.